The molecule has 0 fully saturated rings. The Balaban J connectivity index is 1.64. The van der Waals surface area contributed by atoms with Gasteiger partial charge in [0.1, 0.15) is 5.82 Å². The van der Waals surface area contributed by atoms with Gasteiger partial charge in [-0.05, 0) is 42.8 Å². The van der Waals surface area contributed by atoms with Crippen molar-refractivity contribution in [2.24, 2.45) is 7.05 Å². The third-order valence-corrected chi connectivity index (χ3v) is 4.64. The summed E-state index contributed by atoms with van der Waals surface area (Å²) < 4.78 is 1.97. The zero-order valence-corrected chi connectivity index (χ0v) is 15.4. The number of aromatic nitrogens is 2. The highest BCUT2D eigenvalue weighted by atomic mass is 35.5. The van der Waals surface area contributed by atoms with Crippen LogP contribution in [0.2, 0.25) is 10.0 Å². The summed E-state index contributed by atoms with van der Waals surface area (Å²) in [5.74, 6) is 0.782. The zero-order chi connectivity index (χ0) is 18.0. The summed E-state index contributed by atoms with van der Waals surface area (Å²) in [7, 11) is 1.93. The lowest BCUT2D eigenvalue weighted by Gasteiger charge is -2.16. The summed E-state index contributed by atoms with van der Waals surface area (Å²) in [6.45, 7) is 2.18. The van der Waals surface area contributed by atoms with Crippen molar-refractivity contribution in [1.82, 2.24) is 20.2 Å². The number of halogens is 2. The highest BCUT2D eigenvalue weighted by Crippen LogP contribution is 2.26. The summed E-state index contributed by atoms with van der Waals surface area (Å²) in [6, 6.07) is 12.5. The number of nitrogens with zero attached hydrogens (tertiary/aromatic N) is 2. The van der Waals surface area contributed by atoms with E-state index in [4.69, 9.17) is 23.2 Å². The van der Waals surface area contributed by atoms with Crippen molar-refractivity contribution in [2.75, 3.05) is 0 Å². The van der Waals surface area contributed by atoms with Crippen molar-refractivity contribution >= 4 is 40.3 Å². The molecule has 3 aromatic rings. The Morgan fingerprint density at radius 2 is 2.00 bits per heavy atom. The lowest BCUT2D eigenvalue weighted by atomic mass is 10.1. The molecule has 0 spiro atoms. The number of rotatable bonds is 4. The van der Waals surface area contributed by atoms with Crippen LogP contribution in [0.15, 0.2) is 42.5 Å². The van der Waals surface area contributed by atoms with Crippen LogP contribution in [0.5, 0.6) is 0 Å². The van der Waals surface area contributed by atoms with E-state index in [1.54, 1.807) is 18.2 Å². The van der Waals surface area contributed by atoms with Crippen molar-refractivity contribution < 1.29 is 4.79 Å². The summed E-state index contributed by atoms with van der Waals surface area (Å²) in [4.78, 5) is 16.7. The highest BCUT2D eigenvalue weighted by Gasteiger charge is 2.14. The van der Waals surface area contributed by atoms with Gasteiger partial charge in [-0.1, -0.05) is 35.3 Å². The van der Waals surface area contributed by atoms with E-state index in [9.17, 15) is 4.79 Å². The highest BCUT2D eigenvalue weighted by molar-refractivity contribution is 6.33. The fourth-order valence-corrected chi connectivity index (χ4v) is 3.15. The van der Waals surface area contributed by atoms with Crippen LogP contribution in [-0.2, 0) is 13.6 Å². The molecule has 0 aliphatic heterocycles. The molecule has 25 heavy (non-hydrogen) atoms. The Kier molecular flexibility index (Phi) is 5.16. The predicted octanol–water partition coefficient (Wildman–Crippen LogP) is 4.44. The van der Waals surface area contributed by atoms with Crippen molar-refractivity contribution in [3.63, 3.8) is 0 Å². The minimum absolute atomic E-state index is 0.272. The Hall–Kier alpha value is -2.24. The molecule has 2 N–H and O–H groups in total. The van der Waals surface area contributed by atoms with E-state index in [-0.39, 0.29) is 12.1 Å². The lowest BCUT2D eigenvalue weighted by molar-refractivity contribution is 0.237. The molecule has 1 heterocycles. The number of para-hydroxylation sites is 2. The minimum atomic E-state index is -0.296. The van der Waals surface area contributed by atoms with Gasteiger partial charge in [-0.15, -0.1) is 0 Å². The van der Waals surface area contributed by atoms with Gasteiger partial charge in [-0.2, -0.15) is 0 Å². The van der Waals surface area contributed by atoms with Crippen LogP contribution in [0.25, 0.3) is 11.0 Å². The molecule has 0 aliphatic rings. The maximum Gasteiger partial charge on any atom is 0.315 e. The molecule has 0 bridgehead atoms. The average molecular weight is 377 g/mol. The van der Waals surface area contributed by atoms with Crippen LogP contribution in [0.1, 0.15) is 24.4 Å². The Bertz CT molecular complexity index is 923. The SMILES string of the molecule is C[C@H](NC(=O)NCc1nc2ccccc2n1C)c1cc(Cl)ccc1Cl. The van der Waals surface area contributed by atoms with Crippen LogP contribution < -0.4 is 10.6 Å². The van der Waals surface area contributed by atoms with Gasteiger partial charge in [0, 0.05) is 17.1 Å². The number of amides is 2. The molecule has 130 valence electrons. The van der Waals surface area contributed by atoms with Gasteiger partial charge in [0.05, 0.1) is 23.6 Å². The second-order valence-electron chi connectivity index (χ2n) is 5.79. The van der Waals surface area contributed by atoms with Crippen LogP contribution in [0.4, 0.5) is 4.79 Å². The summed E-state index contributed by atoms with van der Waals surface area (Å²) in [5.41, 5.74) is 2.70. The van der Waals surface area contributed by atoms with Crippen LogP contribution in [0, 0.1) is 0 Å². The quantitative estimate of drug-likeness (QED) is 0.706. The molecular formula is C18H18Cl2N4O. The zero-order valence-electron chi connectivity index (χ0n) is 13.9. The Labute approximate surface area is 156 Å². The number of hydrogen-bond acceptors (Lipinski definition) is 2. The van der Waals surface area contributed by atoms with Crippen molar-refractivity contribution in [2.45, 2.75) is 19.5 Å². The van der Waals surface area contributed by atoms with Gasteiger partial charge in [0.15, 0.2) is 0 Å². The Morgan fingerprint density at radius 3 is 2.76 bits per heavy atom. The largest absolute Gasteiger partial charge is 0.332 e. The summed E-state index contributed by atoms with van der Waals surface area (Å²) in [5, 5.41) is 6.82. The van der Waals surface area contributed by atoms with E-state index in [0.717, 1.165) is 22.4 Å². The molecule has 0 saturated heterocycles. The van der Waals surface area contributed by atoms with Gasteiger partial charge < -0.3 is 15.2 Å². The Morgan fingerprint density at radius 1 is 1.24 bits per heavy atom. The molecule has 1 atom stereocenters. The smallest absolute Gasteiger partial charge is 0.315 e. The summed E-state index contributed by atoms with van der Waals surface area (Å²) >= 11 is 12.2. The number of hydrogen-bond donors (Lipinski definition) is 2. The van der Waals surface area contributed by atoms with E-state index < -0.39 is 0 Å². The summed E-state index contributed by atoms with van der Waals surface area (Å²) in [6.07, 6.45) is 0. The second kappa shape index (κ2) is 7.33. The first-order valence-electron chi connectivity index (χ1n) is 7.85. The van der Waals surface area contributed by atoms with Crippen molar-refractivity contribution in [3.8, 4) is 0 Å². The van der Waals surface area contributed by atoms with E-state index in [0.29, 0.717) is 16.6 Å². The molecule has 7 heteroatoms. The first-order valence-corrected chi connectivity index (χ1v) is 8.61. The minimum Gasteiger partial charge on any atom is -0.332 e. The number of fused-ring (bicyclic) bond motifs is 1. The van der Waals surface area contributed by atoms with Gasteiger partial charge in [-0.3, -0.25) is 0 Å². The monoisotopic (exact) mass is 376 g/mol. The lowest BCUT2D eigenvalue weighted by Crippen LogP contribution is -2.37. The molecule has 0 saturated carbocycles. The molecule has 2 aromatic carbocycles. The van der Waals surface area contributed by atoms with Crippen molar-refractivity contribution in [1.29, 1.82) is 0 Å². The molecule has 0 unspecified atom stereocenters. The number of urea groups is 1. The standard InChI is InChI=1S/C18H18Cl2N4O/c1-11(13-9-12(19)7-8-14(13)20)22-18(25)21-10-17-23-15-5-3-4-6-16(15)24(17)2/h3-9,11H,10H2,1-2H3,(H2,21,22,25)/t11-/m0/s1. The third-order valence-electron chi connectivity index (χ3n) is 4.06. The number of carbonyl (C=O) groups excluding carboxylic acids is 1. The normalized spacial score (nSPS) is 12.2. The molecule has 2 amide bonds. The fourth-order valence-electron chi connectivity index (χ4n) is 2.68. The molecule has 0 radical (unpaired) electrons. The van der Waals surface area contributed by atoms with Crippen LogP contribution in [-0.4, -0.2) is 15.6 Å². The van der Waals surface area contributed by atoms with E-state index >= 15 is 0 Å². The van der Waals surface area contributed by atoms with Crippen LogP contribution >= 0.6 is 23.2 Å². The number of aryl methyl sites for hydroxylation is 1. The molecule has 3 rings (SSSR count). The van der Waals surface area contributed by atoms with Crippen LogP contribution in [0.3, 0.4) is 0 Å². The topological polar surface area (TPSA) is 59.0 Å². The molecular weight excluding hydrogens is 359 g/mol. The van der Waals surface area contributed by atoms with Gasteiger partial charge in [0.25, 0.3) is 0 Å². The van der Waals surface area contributed by atoms with E-state index in [1.807, 2.05) is 42.8 Å². The molecule has 0 aliphatic carbocycles. The third kappa shape index (κ3) is 3.89. The first-order chi connectivity index (χ1) is 12.0. The van der Waals surface area contributed by atoms with Gasteiger partial charge >= 0.3 is 6.03 Å². The van der Waals surface area contributed by atoms with E-state index in [1.165, 1.54) is 0 Å². The van der Waals surface area contributed by atoms with Crippen molar-refractivity contribution in [3.05, 3.63) is 63.9 Å². The maximum absolute atomic E-state index is 12.2. The fraction of sp³-hybridized carbons (Fsp3) is 0.222. The number of nitrogens with one attached hydrogen (secondary N) is 2. The molecule has 1 aromatic heterocycles. The van der Waals surface area contributed by atoms with Gasteiger partial charge in [0.2, 0.25) is 0 Å². The molecule has 5 nitrogen and oxygen atoms in total. The first kappa shape index (κ1) is 17.6. The van der Waals surface area contributed by atoms with E-state index in [2.05, 4.69) is 15.6 Å². The second-order valence-corrected chi connectivity index (χ2v) is 6.63. The maximum atomic E-state index is 12.2. The average Bonchev–Trinajstić information content (AvgIpc) is 2.91. The number of carbonyl (C=O) groups is 1. The number of imidazole rings is 1. The van der Waals surface area contributed by atoms with Gasteiger partial charge in [-0.25, -0.2) is 9.78 Å². The predicted molar refractivity (Wildman–Crippen MR) is 101 cm³/mol. The number of benzene rings is 2.